The molecule has 3 aromatic carbocycles. The van der Waals surface area contributed by atoms with E-state index in [0.717, 1.165) is 40.8 Å². The molecule has 0 saturated carbocycles. The number of hydrogen-bond acceptors (Lipinski definition) is 2. The molecule has 0 aliphatic rings. The molecule has 0 atom stereocenters. The number of benzene rings is 3. The fourth-order valence-electron chi connectivity index (χ4n) is 3.23. The Balaban J connectivity index is 1.43. The molecule has 1 aromatic heterocycles. The topological polar surface area (TPSA) is 57.8 Å². The maximum atomic E-state index is 12.7. The number of hydrogen-bond donors (Lipinski definition) is 2. The summed E-state index contributed by atoms with van der Waals surface area (Å²) in [5, 5.41) is 2.98. The zero-order chi connectivity index (χ0) is 18.5. The van der Waals surface area contributed by atoms with Gasteiger partial charge < -0.3 is 10.3 Å². The van der Waals surface area contributed by atoms with Crippen molar-refractivity contribution in [3.05, 3.63) is 101 Å². The Hall–Kier alpha value is -3.40. The van der Waals surface area contributed by atoms with Crippen molar-refractivity contribution < 1.29 is 4.79 Å². The van der Waals surface area contributed by atoms with Crippen LogP contribution in [0, 0.1) is 0 Å². The number of aromatic nitrogens is 2. The van der Waals surface area contributed by atoms with E-state index in [-0.39, 0.29) is 5.91 Å². The van der Waals surface area contributed by atoms with Gasteiger partial charge in [0.1, 0.15) is 5.82 Å². The Morgan fingerprint density at radius 1 is 0.852 bits per heavy atom. The molecule has 0 saturated heterocycles. The van der Waals surface area contributed by atoms with Crippen molar-refractivity contribution in [1.82, 2.24) is 15.3 Å². The molecule has 4 aromatic rings. The SMILES string of the molecule is O=C(NCc1nc2ccccc2[nH]1)c1ccccc1CCc1ccccc1. The smallest absolute Gasteiger partial charge is 0.251 e. The van der Waals surface area contributed by atoms with Crippen LogP contribution in [-0.2, 0) is 19.4 Å². The molecule has 4 rings (SSSR count). The zero-order valence-electron chi connectivity index (χ0n) is 15.0. The Kier molecular flexibility index (Phi) is 4.97. The molecule has 4 nitrogen and oxygen atoms in total. The van der Waals surface area contributed by atoms with Gasteiger partial charge in [-0.05, 0) is 42.2 Å². The number of rotatable bonds is 6. The van der Waals surface area contributed by atoms with Crippen LogP contribution in [0.5, 0.6) is 0 Å². The predicted molar refractivity (Wildman–Crippen MR) is 108 cm³/mol. The number of carbonyl (C=O) groups is 1. The van der Waals surface area contributed by atoms with E-state index in [1.165, 1.54) is 5.56 Å². The van der Waals surface area contributed by atoms with Crippen LogP contribution in [0.2, 0.25) is 0 Å². The highest BCUT2D eigenvalue weighted by Gasteiger charge is 2.11. The minimum atomic E-state index is -0.0703. The average Bonchev–Trinajstić information content (AvgIpc) is 3.14. The van der Waals surface area contributed by atoms with Crippen LogP contribution in [0.3, 0.4) is 0 Å². The fraction of sp³-hybridized carbons (Fsp3) is 0.130. The fourth-order valence-corrected chi connectivity index (χ4v) is 3.23. The summed E-state index contributed by atoms with van der Waals surface area (Å²) < 4.78 is 0. The van der Waals surface area contributed by atoms with E-state index >= 15 is 0 Å². The predicted octanol–water partition coefficient (Wildman–Crippen LogP) is 4.28. The van der Waals surface area contributed by atoms with E-state index in [0.29, 0.717) is 6.54 Å². The first kappa shape index (κ1) is 17.0. The van der Waals surface area contributed by atoms with Crippen LogP contribution in [0.25, 0.3) is 11.0 Å². The minimum absolute atomic E-state index is 0.0703. The molecule has 27 heavy (non-hydrogen) atoms. The van der Waals surface area contributed by atoms with Crippen LogP contribution in [0.4, 0.5) is 0 Å². The molecule has 0 aliphatic carbocycles. The molecule has 0 spiro atoms. The second-order valence-electron chi connectivity index (χ2n) is 6.53. The van der Waals surface area contributed by atoms with E-state index in [1.807, 2.05) is 66.7 Å². The second-order valence-corrected chi connectivity index (χ2v) is 6.53. The Labute approximate surface area is 158 Å². The summed E-state index contributed by atoms with van der Waals surface area (Å²) in [7, 11) is 0. The molecule has 2 N–H and O–H groups in total. The van der Waals surface area contributed by atoms with Crippen LogP contribution in [0.1, 0.15) is 27.3 Å². The Morgan fingerprint density at radius 3 is 2.44 bits per heavy atom. The van der Waals surface area contributed by atoms with Gasteiger partial charge in [-0.1, -0.05) is 60.7 Å². The molecule has 0 bridgehead atoms. The molecule has 0 radical (unpaired) electrons. The van der Waals surface area contributed by atoms with Crippen molar-refractivity contribution in [3.63, 3.8) is 0 Å². The summed E-state index contributed by atoms with van der Waals surface area (Å²) in [6, 6.07) is 26.0. The number of nitrogens with zero attached hydrogens (tertiary/aromatic N) is 1. The van der Waals surface area contributed by atoms with Gasteiger partial charge in [0.25, 0.3) is 5.91 Å². The summed E-state index contributed by atoms with van der Waals surface area (Å²) in [6.07, 6.45) is 1.74. The largest absolute Gasteiger partial charge is 0.345 e. The van der Waals surface area contributed by atoms with E-state index < -0.39 is 0 Å². The Morgan fingerprint density at radius 2 is 1.59 bits per heavy atom. The van der Waals surface area contributed by atoms with Gasteiger partial charge in [-0.25, -0.2) is 4.98 Å². The normalized spacial score (nSPS) is 10.8. The average molecular weight is 355 g/mol. The zero-order valence-corrected chi connectivity index (χ0v) is 15.0. The van der Waals surface area contributed by atoms with Gasteiger partial charge in [-0.3, -0.25) is 4.79 Å². The lowest BCUT2D eigenvalue weighted by Crippen LogP contribution is -2.24. The molecule has 1 heterocycles. The number of carbonyl (C=O) groups excluding carboxylic acids is 1. The van der Waals surface area contributed by atoms with Crippen molar-refractivity contribution in [2.75, 3.05) is 0 Å². The highest BCUT2D eigenvalue weighted by molar-refractivity contribution is 5.95. The third kappa shape index (κ3) is 4.06. The van der Waals surface area contributed by atoms with Gasteiger partial charge in [0.15, 0.2) is 0 Å². The Bertz CT molecular complexity index is 1020. The maximum absolute atomic E-state index is 12.7. The summed E-state index contributed by atoms with van der Waals surface area (Å²) in [5.74, 6) is 0.686. The van der Waals surface area contributed by atoms with Crippen LogP contribution < -0.4 is 5.32 Å². The number of aromatic amines is 1. The van der Waals surface area contributed by atoms with Gasteiger partial charge in [0.05, 0.1) is 17.6 Å². The first-order chi connectivity index (χ1) is 13.3. The first-order valence-corrected chi connectivity index (χ1v) is 9.13. The standard InChI is InChI=1S/C23H21N3O/c27-23(24-16-22-25-20-12-6-7-13-21(20)26-22)19-11-5-4-10-18(19)15-14-17-8-2-1-3-9-17/h1-13H,14-16H2,(H,24,27)(H,25,26). The van der Waals surface area contributed by atoms with Crippen molar-refractivity contribution in [2.24, 2.45) is 0 Å². The van der Waals surface area contributed by atoms with Gasteiger partial charge in [0.2, 0.25) is 0 Å². The number of fused-ring (bicyclic) bond motifs is 1. The van der Waals surface area contributed by atoms with Gasteiger partial charge >= 0.3 is 0 Å². The lowest BCUT2D eigenvalue weighted by atomic mass is 9.99. The summed E-state index contributed by atoms with van der Waals surface area (Å²) in [5.41, 5.74) is 4.94. The third-order valence-corrected chi connectivity index (χ3v) is 4.64. The number of aryl methyl sites for hydroxylation is 2. The molecule has 0 fully saturated rings. The molecular weight excluding hydrogens is 334 g/mol. The van der Waals surface area contributed by atoms with Crippen molar-refractivity contribution >= 4 is 16.9 Å². The summed E-state index contributed by atoms with van der Waals surface area (Å²) >= 11 is 0. The number of nitrogens with one attached hydrogen (secondary N) is 2. The minimum Gasteiger partial charge on any atom is -0.345 e. The van der Waals surface area contributed by atoms with Gasteiger partial charge in [-0.2, -0.15) is 0 Å². The molecular formula is C23H21N3O. The highest BCUT2D eigenvalue weighted by atomic mass is 16.1. The summed E-state index contributed by atoms with van der Waals surface area (Å²) in [6.45, 7) is 0.376. The molecule has 0 unspecified atom stereocenters. The number of imidazole rings is 1. The quantitative estimate of drug-likeness (QED) is 0.542. The van der Waals surface area contributed by atoms with E-state index in [2.05, 4.69) is 27.4 Å². The van der Waals surface area contributed by atoms with E-state index in [9.17, 15) is 4.79 Å². The van der Waals surface area contributed by atoms with Crippen molar-refractivity contribution in [1.29, 1.82) is 0 Å². The van der Waals surface area contributed by atoms with Crippen LogP contribution in [0.15, 0.2) is 78.9 Å². The number of amides is 1. The van der Waals surface area contributed by atoms with E-state index in [4.69, 9.17) is 0 Å². The second kappa shape index (κ2) is 7.87. The first-order valence-electron chi connectivity index (χ1n) is 9.13. The lowest BCUT2D eigenvalue weighted by molar-refractivity contribution is 0.0949. The molecule has 0 aliphatic heterocycles. The highest BCUT2D eigenvalue weighted by Crippen LogP contribution is 2.14. The van der Waals surface area contributed by atoms with Gasteiger partial charge in [0, 0.05) is 5.56 Å². The maximum Gasteiger partial charge on any atom is 0.251 e. The molecule has 134 valence electrons. The lowest BCUT2D eigenvalue weighted by Gasteiger charge is -2.10. The van der Waals surface area contributed by atoms with Crippen LogP contribution >= 0.6 is 0 Å². The monoisotopic (exact) mass is 355 g/mol. The summed E-state index contributed by atoms with van der Waals surface area (Å²) in [4.78, 5) is 20.5. The van der Waals surface area contributed by atoms with Crippen molar-refractivity contribution in [2.45, 2.75) is 19.4 Å². The number of H-pyrrole nitrogens is 1. The molecule has 1 amide bonds. The molecule has 4 heteroatoms. The van der Waals surface area contributed by atoms with Gasteiger partial charge in [-0.15, -0.1) is 0 Å². The third-order valence-electron chi connectivity index (χ3n) is 4.64. The van der Waals surface area contributed by atoms with Crippen LogP contribution in [-0.4, -0.2) is 15.9 Å². The number of para-hydroxylation sites is 2. The van der Waals surface area contributed by atoms with Crippen molar-refractivity contribution in [3.8, 4) is 0 Å². The van der Waals surface area contributed by atoms with E-state index in [1.54, 1.807) is 0 Å².